The lowest BCUT2D eigenvalue weighted by Crippen LogP contribution is -2.14. The molecule has 0 spiro atoms. The van der Waals surface area contributed by atoms with Crippen molar-refractivity contribution >= 4 is 17.1 Å². The van der Waals surface area contributed by atoms with Gasteiger partial charge in [-0.1, -0.05) is 36.4 Å². The maximum Gasteiger partial charge on any atom is 0.276 e. The van der Waals surface area contributed by atoms with E-state index in [0.29, 0.717) is 6.07 Å². The van der Waals surface area contributed by atoms with E-state index in [0.717, 1.165) is 28.5 Å². The highest BCUT2D eigenvalue weighted by atomic mass is 19.1. The lowest BCUT2D eigenvalue weighted by atomic mass is 10.1. The van der Waals surface area contributed by atoms with Gasteiger partial charge < -0.3 is 9.72 Å². The molecule has 0 unspecified atom stereocenters. The fraction of sp³-hybridized carbons (Fsp3) is 0. The van der Waals surface area contributed by atoms with Crippen molar-refractivity contribution in [1.29, 1.82) is 0 Å². The Bertz CT molecular complexity index is 1410. The first kappa shape index (κ1) is 18.7. The Morgan fingerprint density at radius 1 is 0.871 bits per heavy atom. The number of pyridine rings is 1. The van der Waals surface area contributed by atoms with Gasteiger partial charge in [0.25, 0.3) is 5.91 Å². The fourth-order valence-electron chi connectivity index (χ4n) is 3.42. The molecule has 0 bridgehead atoms. The lowest BCUT2D eigenvalue weighted by Gasteiger charge is -2.07. The van der Waals surface area contributed by atoms with Crippen LogP contribution in [0.3, 0.4) is 0 Å². The van der Waals surface area contributed by atoms with Crippen molar-refractivity contribution in [2.75, 3.05) is 5.32 Å². The van der Waals surface area contributed by atoms with Crippen LogP contribution >= 0.6 is 0 Å². The molecule has 0 aliphatic heterocycles. The van der Waals surface area contributed by atoms with Gasteiger partial charge in [0.2, 0.25) is 0 Å². The molecule has 5 aromatic rings. The molecule has 0 saturated carbocycles. The summed E-state index contributed by atoms with van der Waals surface area (Å²) in [5.74, 6) is -1.40. The molecule has 152 valence electrons. The second-order valence-electron chi connectivity index (χ2n) is 6.99. The van der Waals surface area contributed by atoms with Crippen LogP contribution in [0.15, 0.2) is 91.3 Å². The molecule has 0 atom stereocenters. The van der Waals surface area contributed by atoms with Crippen LogP contribution in [0.2, 0.25) is 0 Å². The number of carbonyl (C=O) groups excluding carboxylic acids is 1. The third kappa shape index (κ3) is 3.57. The van der Waals surface area contributed by atoms with E-state index < -0.39 is 17.5 Å². The third-order valence-electron chi connectivity index (χ3n) is 4.97. The quantitative estimate of drug-likeness (QED) is 0.433. The van der Waals surface area contributed by atoms with Crippen LogP contribution in [0, 0.1) is 11.6 Å². The van der Waals surface area contributed by atoms with Gasteiger partial charge in [-0.2, -0.15) is 5.10 Å². The first-order valence-corrected chi connectivity index (χ1v) is 9.57. The van der Waals surface area contributed by atoms with Gasteiger partial charge in [-0.15, -0.1) is 0 Å². The zero-order chi connectivity index (χ0) is 21.4. The predicted octanol–water partition coefficient (Wildman–Crippen LogP) is 5.32. The number of nitrogens with zero attached hydrogens (tertiary/aromatic N) is 3. The van der Waals surface area contributed by atoms with E-state index in [2.05, 4.69) is 10.4 Å². The third-order valence-corrected chi connectivity index (χ3v) is 4.97. The molecule has 1 amide bonds. The van der Waals surface area contributed by atoms with Crippen LogP contribution in [0.4, 0.5) is 14.5 Å². The molecule has 0 aliphatic rings. The van der Waals surface area contributed by atoms with Gasteiger partial charge in [0.1, 0.15) is 17.5 Å². The minimum atomic E-state index is -0.848. The highest BCUT2D eigenvalue weighted by Gasteiger charge is 2.14. The van der Waals surface area contributed by atoms with Gasteiger partial charge in [0.15, 0.2) is 5.69 Å². The van der Waals surface area contributed by atoms with Gasteiger partial charge >= 0.3 is 0 Å². The van der Waals surface area contributed by atoms with Crippen molar-refractivity contribution in [1.82, 2.24) is 14.2 Å². The van der Waals surface area contributed by atoms with Crippen LogP contribution in [0.5, 0.6) is 0 Å². The fourth-order valence-corrected chi connectivity index (χ4v) is 3.42. The van der Waals surface area contributed by atoms with Crippen LogP contribution in [-0.4, -0.2) is 20.1 Å². The topological polar surface area (TPSA) is 51.3 Å². The summed E-state index contributed by atoms with van der Waals surface area (Å²) in [7, 11) is 0. The zero-order valence-corrected chi connectivity index (χ0v) is 16.2. The van der Waals surface area contributed by atoms with Crippen molar-refractivity contribution < 1.29 is 13.6 Å². The Balaban J connectivity index is 1.45. The molecule has 0 radical (unpaired) electrons. The average Bonchev–Trinajstić information content (AvgIpc) is 3.43. The Morgan fingerprint density at radius 3 is 2.48 bits per heavy atom. The molecule has 5 rings (SSSR count). The molecule has 3 aromatic heterocycles. The van der Waals surface area contributed by atoms with E-state index in [1.165, 1.54) is 12.1 Å². The molecule has 31 heavy (non-hydrogen) atoms. The van der Waals surface area contributed by atoms with Gasteiger partial charge in [-0.3, -0.25) is 4.79 Å². The highest BCUT2D eigenvalue weighted by Crippen LogP contribution is 2.23. The number of hydrogen-bond donors (Lipinski definition) is 1. The summed E-state index contributed by atoms with van der Waals surface area (Å²) >= 11 is 0. The molecule has 0 saturated heterocycles. The van der Waals surface area contributed by atoms with Crippen LogP contribution in [0.1, 0.15) is 10.5 Å². The minimum absolute atomic E-state index is 0.109. The number of carbonyl (C=O) groups is 1. The first-order valence-electron chi connectivity index (χ1n) is 9.57. The van der Waals surface area contributed by atoms with Crippen molar-refractivity contribution in [3.63, 3.8) is 0 Å². The van der Waals surface area contributed by atoms with E-state index in [4.69, 9.17) is 0 Å². The predicted molar refractivity (Wildman–Crippen MR) is 114 cm³/mol. The highest BCUT2D eigenvalue weighted by molar-refractivity contribution is 6.02. The molecule has 5 nitrogen and oxygen atoms in total. The molecule has 2 aromatic carbocycles. The number of nitrogens with one attached hydrogen (secondary N) is 1. The van der Waals surface area contributed by atoms with Crippen molar-refractivity contribution in [2.45, 2.75) is 0 Å². The molecule has 0 fully saturated rings. The average molecular weight is 414 g/mol. The summed E-state index contributed by atoms with van der Waals surface area (Å²) in [6, 6.07) is 22.4. The van der Waals surface area contributed by atoms with Crippen molar-refractivity contribution in [3.8, 4) is 16.9 Å². The molecule has 3 heterocycles. The van der Waals surface area contributed by atoms with E-state index >= 15 is 0 Å². The van der Waals surface area contributed by atoms with Gasteiger partial charge in [-0.25, -0.2) is 13.5 Å². The number of halogens is 2. The smallest absolute Gasteiger partial charge is 0.276 e. The maximum absolute atomic E-state index is 13.8. The van der Waals surface area contributed by atoms with Crippen LogP contribution in [0.25, 0.3) is 22.5 Å². The second kappa shape index (κ2) is 7.53. The number of rotatable bonds is 4. The minimum Gasteiger partial charge on any atom is -0.318 e. The molecule has 1 N–H and O–H groups in total. The normalized spacial score (nSPS) is 11.0. The Kier molecular flexibility index (Phi) is 4.55. The van der Waals surface area contributed by atoms with Crippen LogP contribution in [-0.2, 0) is 0 Å². The Labute approximate surface area is 176 Å². The van der Waals surface area contributed by atoms with Gasteiger partial charge in [0.05, 0.1) is 5.69 Å². The lowest BCUT2D eigenvalue weighted by molar-refractivity contribution is 0.102. The van der Waals surface area contributed by atoms with Gasteiger partial charge in [0, 0.05) is 24.0 Å². The summed E-state index contributed by atoms with van der Waals surface area (Å²) in [5, 5.41) is 6.75. The molecule has 7 heteroatoms. The van der Waals surface area contributed by atoms with E-state index in [-0.39, 0.29) is 11.4 Å². The summed E-state index contributed by atoms with van der Waals surface area (Å²) in [6.07, 6.45) is 3.67. The maximum atomic E-state index is 13.8. The number of benzene rings is 2. The molecule has 0 aliphatic carbocycles. The van der Waals surface area contributed by atoms with Gasteiger partial charge in [-0.05, 0) is 47.5 Å². The number of aromatic nitrogens is 3. The SMILES string of the molecule is O=C(Nc1ccc(F)cc1F)c1ccn(-c2ccc3ccc(-c4ccccc4)cn23)n1. The summed E-state index contributed by atoms with van der Waals surface area (Å²) < 4.78 is 30.4. The zero-order valence-electron chi connectivity index (χ0n) is 16.2. The monoisotopic (exact) mass is 414 g/mol. The largest absolute Gasteiger partial charge is 0.318 e. The number of amides is 1. The number of fused-ring (bicyclic) bond motifs is 1. The molecular weight excluding hydrogens is 398 g/mol. The van der Waals surface area contributed by atoms with Crippen molar-refractivity contribution in [3.05, 3.63) is 109 Å². The van der Waals surface area contributed by atoms with E-state index in [9.17, 15) is 13.6 Å². The summed E-state index contributed by atoms with van der Waals surface area (Å²) in [4.78, 5) is 12.5. The Hall–Kier alpha value is -4.26. The van der Waals surface area contributed by atoms with Crippen LogP contribution < -0.4 is 5.32 Å². The van der Waals surface area contributed by atoms with Crippen molar-refractivity contribution in [2.24, 2.45) is 0 Å². The number of hydrogen-bond acceptors (Lipinski definition) is 2. The molecular formula is C24H16F2N4O. The summed E-state index contributed by atoms with van der Waals surface area (Å²) in [6.45, 7) is 0. The first-order chi connectivity index (χ1) is 15.1. The Morgan fingerprint density at radius 2 is 1.68 bits per heavy atom. The summed E-state index contributed by atoms with van der Waals surface area (Å²) in [5.41, 5.74) is 3.11. The van der Waals surface area contributed by atoms with E-state index in [1.807, 2.05) is 65.2 Å². The second-order valence-corrected chi connectivity index (χ2v) is 6.99. The van der Waals surface area contributed by atoms with E-state index in [1.54, 1.807) is 10.9 Å². The standard InChI is InChI=1S/C24H16F2N4O/c25-18-7-10-21(20(26)14-18)27-24(31)22-12-13-30(28-22)23-11-9-19-8-6-17(15-29(19)23)16-4-2-1-3-5-16/h1-15H,(H,27,31). The number of anilines is 1.